The van der Waals surface area contributed by atoms with Crippen LogP contribution < -0.4 is 15.4 Å². The molecule has 1 atom stereocenters. The van der Waals surface area contributed by atoms with Crippen LogP contribution in [0.2, 0.25) is 0 Å². The number of halogens is 1. The van der Waals surface area contributed by atoms with E-state index in [4.69, 9.17) is 9.15 Å². The number of nitrogens with zero attached hydrogens (tertiary/aromatic N) is 1. The normalized spacial score (nSPS) is 13.5. The van der Waals surface area contributed by atoms with Gasteiger partial charge in [-0.2, -0.15) is 0 Å². The van der Waals surface area contributed by atoms with Crippen molar-refractivity contribution < 1.29 is 14.3 Å². The van der Waals surface area contributed by atoms with Crippen molar-refractivity contribution in [3.63, 3.8) is 0 Å². The van der Waals surface area contributed by atoms with Gasteiger partial charge >= 0.3 is 0 Å². The van der Waals surface area contributed by atoms with Crippen molar-refractivity contribution in [3.05, 3.63) is 54.0 Å². The fourth-order valence-electron chi connectivity index (χ4n) is 2.39. The lowest BCUT2D eigenvalue weighted by Crippen LogP contribution is -2.39. The van der Waals surface area contributed by atoms with Crippen LogP contribution in [0.25, 0.3) is 0 Å². The topological polar surface area (TPSA) is 79.0 Å². The number of aliphatic imine (C=N–C) groups is 1. The van der Waals surface area contributed by atoms with Crippen molar-refractivity contribution in [3.8, 4) is 5.75 Å². The number of benzene rings is 1. The van der Waals surface area contributed by atoms with Crippen molar-refractivity contribution in [1.29, 1.82) is 0 Å². The molecule has 0 aliphatic rings. The van der Waals surface area contributed by atoms with Gasteiger partial charge in [0, 0.05) is 13.1 Å². The summed E-state index contributed by atoms with van der Waals surface area (Å²) in [4.78, 5) is 4.47. The Morgan fingerprint density at radius 2 is 2.08 bits per heavy atom. The van der Waals surface area contributed by atoms with Crippen LogP contribution in [0, 0.1) is 0 Å². The molecule has 7 heteroatoms. The van der Waals surface area contributed by atoms with Crippen LogP contribution >= 0.6 is 24.0 Å². The highest BCUT2D eigenvalue weighted by molar-refractivity contribution is 14.0. The van der Waals surface area contributed by atoms with Crippen molar-refractivity contribution in [1.82, 2.24) is 10.6 Å². The summed E-state index contributed by atoms with van der Waals surface area (Å²) < 4.78 is 10.5. The molecule has 1 aromatic heterocycles. The Balaban J connectivity index is 0.00000338. The number of nitrogens with one attached hydrogen (secondary N) is 2. The summed E-state index contributed by atoms with van der Waals surface area (Å²) in [7, 11) is 1.66. The Morgan fingerprint density at radius 1 is 1.27 bits per heavy atom. The van der Waals surface area contributed by atoms with Crippen molar-refractivity contribution >= 4 is 29.9 Å². The summed E-state index contributed by atoms with van der Waals surface area (Å²) in [6.07, 6.45) is 2.39. The summed E-state index contributed by atoms with van der Waals surface area (Å²) in [5.41, 5.74) is 0.0452. The lowest BCUT2D eigenvalue weighted by molar-refractivity contribution is 0.0437. The predicted octanol–water partition coefficient (Wildman–Crippen LogP) is 2.91. The van der Waals surface area contributed by atoms with Gasteiger partial charge in [0.05, 0.1) is 19.9 Å². The van der Waals surface area contributed by atoms with Gasteiger partial charge in [-0.3, -0.25) is 0 Å². The zero-order chi connectivity index (χ0) is 18.1. The molecular formula is C19H28IN3O3. The maximum atomic E-state index is 10.5. The highest BCUT2D eigenvalue weighted by Gasteiger charge is 2.25. The standard InChI is InChI=1S/C19H27N3O3.HI/c1-4-20-18(22-14-19(2,23)17-9-6-12-25-17)21-11-10-15-7-5-8-16(13-15)24-3;/h5-9,12-13,23H,4,10-11,14H2,1-3H3,(H2,20,21,22);1H. The largest absolute Gasteiger partial charge is 0.497 e. The predicted molar refractivity (Wildman–Crippen MR) is 114 cm³/mol. The quantitative estimate of drug-likeness (QED) is 0.312. The number of furan rings is 1. The SMILES string of the molecule is CCNC(=NCC(C)(O)c1ccco1)NCCc1cccc(OC)c1.I. The van der Waals surface area contributed by atoms with Gasteiger partial charge in [-0.15, -0.1) is 24.0 Å². The van der Waals surface area contributed by atoms with Gasteiger partial charge in [0.1, 0.15) is 17.1 Å². The molecule has 0 aliphatic carbocycles. The van der Waals surface area contributed by atoms with Crippen molar-refractivity contribution in [2.75, 3.05) is 26.7 Å². The van der Waals surface area contributed by atoms with E-state index in [1.165, 1.54) is 5.56 Å². The first-order valence-electron chi connectivity index (χ1n) is 8.46. The molecule has 0 bridgehead atoms. The zero-order valence-electron chi connectivity index (χ0n) is 15.5. The van der Waals surface area contributed by atoms with Crippen LogP contribution in [-0.2, 0) is 12.0 Å². The number of ether oxygens (including phenoxy) is 1. The van der Waals surface area contributed by atoms with E-state index in [9.17, 15) is 5.11 Å². The van der Waals surface area contributed by atoms with Crippen LogP contribution in [0.4, 0.5) is 0 Å². The number of aliphatic hydroxyl groups is 1. The minimum Gasteiger partial charge on any atom is -0.497 e. The van der Waals surface area contributed by atoms with Gasteiger partial charge in [-0.25, -0.2) is 4.99 Å². The lowest BCUT2D eigenvalue weighted by Gasteiger charge is -2.19. The second kappa shape index (κ2) is 11.1. The average molecular weight is 473 g/mol. The van der Waals surface area contributed by atoms with E-state index in [2.05, 4.69) is 21.7 Å². The summed E-state index contributed by atoms with van der Waals surface area (Å²) in [5, 5.41) is 16.9. The first-order valence-corrected chi connectivity index (χ1v) is 8.46. The van der Waals surface area contributed by atoms with Crippen molar-refractivity contribution in [2.45, 2.75) is 25.9 Å². The minimum atomic E-state index is -1.14. The number of rotatable bonds is 8. The van der Waals surface area contributed by atoms with E-state index in [0.29, 0.717) is 11.7 Å². The Labute approximate surface area is 172 Å². The smallest absolute Gasteiger partial charge is 0.191 e. The molecule has 0 spiro atoms. The third-order valence-corrected chi connectivity index (χ3v) is 3.78. The van der Waals surface area contributed by atoms with Crippen LogP contribution in [0.1, 0.15) is 25.2 Å². The fraction of sp³-hybridized carbons (Fsp3) is 0.421. The second-order valence-corrected chi connectivity index (χ2v) is 5.97. The molecule has 6 nitrogen and oxygen atoms in total. The molecule has 0 radical (unpaired) electrons. The van der Waals surface area contributed by atoms with Gasteiger partial charge in [-0.05, 0) is 50.1 Å². The van der Waals surface area contributed by atoms with E-state index in [1.54, 1.807) is 32.4 Å². The van der Waals surface area contributed by atoms with E-state index in [1.807, 2.05) is 25.1 Å². The first kappa shape index (κ1) is 22.3. The Morgan fingerprint density at radius 3 is 2.73 bits per heavy atom. The maximum absolute atomic E-state index is 10.5. The van der Waals surface area contributed by atoms with Crippen LogP contribution in [0.5, 0.6) is 5.75 Å². The molecule has 0 saturated carbocycles. The average Bonchev–Trinajstić information content (AvgIpc) is 3.15. The molecule has 0 aliphatic heterocycles. The van der Waals surface area contributed by atoms with Crippen LogP contribution in [0.3, 0.4) is 0 Å². The van der Waals surface area contributed by atoms with Crippen LogP contribution in [-0.4, -0.2) is 37.8 Å². The molecule has 1 unspecified atom stereocenters. The summed E-state index contributed by atoms with van der Waals surface area (Å²) >= 11 is 0. The molecule has 144 valence electrons. The highest BCUT2D eigenvalue weighted by atomic mass is 127. The molecule has 0 fully saturated rings. The third-order valence-electron chi connectivity index (χ3n) is 3.78. The minimum absolute atomic E-state index is 0. The molecule has 26 heavy (non-hydrogen) atoms. The molecule has 2 aromatic rings. The Bertz CT molecular complexity index is 672. The molecule has 0 amide bonds. The monoisotopic (exact) mass is 473 g/mol. The van der Waals surface area contributed by atoms with E-state index in [0.717, 1.165) is 25.3 Å². The molecule has 1 aromatic carbocycles. The molecule has 1 heterocycles. The summed E-state index contributed by atoms with van der Waals surface area (Å²) in [5.74, 6) is 2.02. The Hall–Kier alpha value is -1.74. The molecule has 2 rings (SSSR count). The number of hydrogen-bond donors (Lipinski definition) is 3. The number of methoxy groups -OCH3 is 1. The van der Waals surface area contributed by atoms with Gasteiger partial charge in [0.25, 0.3) is 0 Å². The first-order chi connectivity index (χ1) is 12.0. The van der Waals surface area contributed by atoms with E-state index in [-0.39, 0.29) is 30.5 Å². The zero-order valence-corrected chi connectivity index (χ0v) is 17.8. The third kappa shape index (κ3) is 6.87. The highest BCUT2D eigenvalue weighted by Crippen LogP contribution is 2.21. The van der Waals surface area contributed by atoms with Crippen molar-refractivity contribution in [2.24, 2.45) is 4.99 Å². The maximum Gasteiger partial charge on any atom is 0.191 e. The number of guanidine groups is 1. The number of hydrogen-bond acceptors (Lipinski definition) is 4. The summed E-state index contributed by atoms with van der Waals surface area (Å²) in [6.45, 7) is 5.36. The van der Waals surface area contributed by atoms with E-state index < -0.39 is 5.60 Å². The second-order valence-electron chi connectivity index (χ2n) is 5.97. The lowest BCUT2D eigenvalue weighted by atomic mass is 10.0. The van der Waals surface area contributed by atoms with Gasteiger partial charge in [0.2, 0.25) is 0 Å². The molecule has 3 N–H and O–H groups in total. The fourth-order valence-corrected chi connectivity index (χ4v) is 2.39. The molecule has 0 saturated heterocycles. The van der Waals surface area contributed by atoms with Gasteiger partial charge in [0.15, 0.2) is 5.96 Å². The van der Waals surface area contributed by atoms with Crippen LogP contribution in [0.15, 0.2) is 52.1 Å². The summed E-state index contributed by atoms with van der Waals surface area (Å²) in [6, 6.07) is 11.5. The van der Waals surface area contributed by atoms with E-state index >= 15 is 0 Å². The van der Waals surface area contributed by atoms with Gasteiger partial charge in [-0.1, -0.05) is 12.1 Å². The van der Waals surface area contributed by atoms with Gasteiger partial charge < -0.3 is 24.9 Å². The Kier molecular flexibility index (Phi) is 9.50. The molecular weight excluding hydrogens is 445 g/mol.